The molecule has 1 aliphatic carbocycles. The largest absolute Gasteiger partial charge is 0.309 e. The van der Waals surface area contributed by atoms with Crippen LogP contribution < -0.4 is 5.56 Å². The van der Waals surface area contributed by atoms with Crippen LogP contribution in [0.1, 0.15) is 48.1 Å². The van der Waals surface area contributed by atoms with Crippen LogP contribution in [0.4, 0.5) is 0 Å². The fourth-order valence-electron chi connectivity index (χ4n) is 3.70. The highest BCUT2D eigenvalue weighted by atomic mass is 35.5. The minimum Gasteiger partial charge on any atom is -0.309 e. The Morgan fingerprint density at radius 3 is 3.00 bits per heavy atom. The summed E-state index contributed by atoms with van der Waals surface area (Å²) >= 11 is 7.55. The van der Waals surface area contributed by atoms with Gasteiger partial charge < -0.3 is 4.98 Å². The van der Waals surface area contributed by atoms with Crippen LogP contribution in [0.2, 0.25) is 5.15 Å². The Balaban J connectivity index is 1.63. The topological polar surface area (TPSA) is 61.9 Å². The number of aryl methyl sites for hydroxylation is 1. The molecule has 27 heavy (non-hydrogen) atoms. The van der Waals surface area contributed by atoms with Crippen molar-refractivity contribution in [2.24, 2.45) is 5.92 Å². The van der Waals surface area contributed by atoms with Gasteiger partial charge in [0.2, 0.25) is 0 Å². The van der Waals surface area contributed by atoms with Gasteiger partial charge in [0, 0.05) is 17.6 Å². The van der Waals surface area contributed by atoms with Gasteiger partial charge >= 0.3 is 0 Å². The van der Waals surface area contributed by atoms with Crippen LogP contribution >= 0.6 is 22.9 Å². The second-order valence-electron chi connectivity index (χ2n) is 7.56. The summed E-state index contributed by atoms with van der Waals surface area (Å²) < 4.78 is 0. The lowest BCUT2D eigenvalue weighted by Gasteiger charge is -2.23. The van der Waals surface area contributed by atoms with Gasteiger partial charge in [0.15, 0.2) is 0 Å². The number of pyridine rings is 1. The summed E-state index contributed by atoms with van der Waals surface area (Å²) in [5.41, 5.74) is 2.29. The maximum atomic E-state index is 12.8. The van der Waals surface area contributed by atoms with Gasteiger partial charge in [0.05, 0.1) is 11.4 Å². The number of H-pyrrole nitrogens is 1. The molecule has 1 N–H and O–H groups in total. The van der Waals surface area contributed by atoms with Gasteiger partial charge in [0.25, 0.3) is 5.56 Å². The Hall–Kier alpha value is -1.76. The first-order valence-electron chi connectivity index (χ1n) is 9.27. The lowest BCUT2D eigenvalue weighted by molar-refractivity contribution is 0.243. The zero-order chi connectivity index (χ0) is 19.1. The number of nitrogens with zero attached hydrogens (tertiary/aromatic N) is 3. The molecule has 142 valence electrons. The molecule has 3 aromatic heterocycles. The molecule has 1 aliphatic rings. The summed E-state index contributed by atoms with van der Waals surface area (Å²) in [5, 5.41) is 1.30. The van der Waals surface area contributed by atoms with Gasteiger partial charge in [-0.1, -0.05) is 24.6 Å². The number of nitrogens with one attached hydrogen (secondary N) is 1. The van der Waals surface area contributed by atoms with E-state index >= 15 is 0 Å². The van der Waals surface area contributed by atoms with Crippen LogP contribution in [-0.4, -0.2) is 26.9 Å². The zero-order valence-electron chi connectivity index (χ0n) is 15.8. The summed E-state index contributed by atoms with van der Waals surface area (Å²) in [5.74, 6) is 1.39. The smallest absolute Gasteiger partial charge is 0.259 e. The van der Waals surface area contributed by atoms with E-state index in [4.69, 9.17) is 16.6 Å². The third kappa shape index (κ3) is 3.66. The lowest BCUT2D eigenvalue weighted by Crippen LogP contribution is -2.26. The molecule has 0 aromatic carbocycles. The molecule has 3 heterocycles. The Labute approximate surface area is 167 Å². The molecular weight excluding hydrogens is 380 g/mol. The number of aromatic nitrogens is 3. The van der Waals surface area contributed by atoms with Crippen molar-refractivity contribution in [2.75, 3.05) is 7.05 Å². The number of halogens is 1. The van der Waals surface area contributed by atoms with Crippen LogP contribution in [-0.2, 0) is 19.4 Å². The molecule has 2 atom stereocenters. The standard InChI is InChI=1S/C20H23ClN4OS/c1-11-4-6-14-15(8-11)27-20-17(14)19(26)23-18(24-20)12(2)25(3)10-13-5-7-16(21)22-9-13/h5,7,9,11-12H,4,6,8,10H2,1-3H3,(H,23,24,26). The predicted molar refractivity (Wildman–Crippen MR) is 111 cm³/mol. The molecule has 0 bridgehead atoms. The number of aromatic amines is 1. The molecule has 0 saturated heterocycles. The van der Waals surface area contributed by atoms with Crippen molar-refractivity contribution in [1.82, 2.24) is 19.9 Å². The number of hydrogen-bond donors (Lipinski definition) is 1. The average Bonchev–Trinajstić information content (AvgIpc) is 3.00. The van der Waals surface area contributed by atoms with Crippen LogP contribution in [0.25, 0.3) is 10.2 Å². The van der Waals surface area contributed by atoms with Gasteiger partial charge in [0.1, 0.15) is 15.8 Å². The van der Waals surface area contributed by atoms with Gasteiger partial charge in [-0.05, 0) is 56.3 Å². The highest BCUT2D eigenvalue weighted by Crippen LogP contribution is 2.36. The number of thiophene rings is 1. The third-order valence-corrected chi connectivity index (χ3v) is 6.83. The summed E-state index contributed by atoms with van der Waals surface area (Å²) in [6.45, 7) is 5.04. The molecular formula is C20H23ClN4OS. The Morgan fingerprint density at radius 2 is 2.26 bits per heavy atom. The summed E-state index contributed by atoms with van der Waals surface area (Å²) in [4.78, 5) is 29.2. The lowest BCUT2D eigenvalue weighted by atomic mass is 9.89. The van der Waals surface area contributed by atoms with E-state index < -0.39 is 0 Å². The van der Waals surface area contributed by atoms with E-state index in [2.05, 4.69) is 28.7 Å². The number of rotatable bonds is 4. The van der Waals surface area contributed by atoms with E-state index in [0.717, 1.165) is 35.0 Å². The monoisotopic (exact) mass is 402 g/mol. The summed E-state index contributed by atoms with van der Waals surface area (Å²) in [7, 11) is 2.02. The van der Waals surface area contributed by atoms with Crippen molar-refractivity contribution in [3.63, 3.8) is 0 Å². The maximum Gasteiger partial charge on any atom is 0.259 e. The van der Waals surface area contributed by atoms with Gasteiger partial charge in [-0.25, -0.2) is 9.97 Å². The van der Waals surface area contributed by atoms with E-state index in [1.54, 1.807) is 23.6 Å². The number of fused-ring (bicyclic) bond motifs is 3. The molecule has 3 aromatic rings. The second kappa shape index (κ2) is 7.34. The molecule has 2 unspecified atom stereocenters. The Morgan fingerprint density at radius 1 is 1.44 bits per heavy atom. The molecule has 4 rings (SSSR count). The quantitative estimate of drug-likeness (QED) is 0.659. The maximum absolute atomic E-state index is 12.8. The second-order valence-corrected chi connectivity index (χ2v) is 9.03. The fourth-order valence-corrected chi connectivity index (χ4v) is 5.20. The highest BCUT2D eigenvalue weighted by Gasteiger charge is 2.24. The van der Waals surface area contributed by atoms with Crippen LogP contribution in [0.15, 0.2) is 23.1 Å². The van der Waals surface area contributed by atoms with Crippen LogP contribution in [0, 0.1) is 5.92 Å². The van der Waals surface area contributed by atoms with E-state index in [1.165, 1.54) is 10.4 Å². The fraction of sp³-hybridized carbons (Fsp3) is 0.450. The normalized spacial score (nSPS) is 18.0. The Bertz CT molecular complexity index is 1030. The van der Waals surface area contributed by atoms with E-state index in [1.807, 2.05) is 13.1 Å². The van der Waals surface area contributed by atoms with E-state index in [-0.39, 0.29) is 11.6 Å². The average molecular weight is 403 g/mol. The first-order chi connectivity index (χ1) is 12.9. The SMILES string of the molecule is CC1CCc2c(sc3nc(C(C)N(C)Cc4ccc(Cl)nc4)[nH]c(=O)c23)C1. The van der Waals surface area contributed by atoms with Crippen molar-refractivity contribution in [3.05, 3.63) is 55.7 Å². The summed E-state index contributed by atoms with van der Waals surface area (Å²) in [6.07, 6.45) is 4.97. The Kier molecular flexibility index (Phi) is 5.05. The molecule has 0 amide bonds. The minimum absolute atomic E-state index is 0.00420. The minimum atomic E-state index is -0.0178. The van der Waals surface area contributed by atoms with Gasteiger partial charge in [-0.2, -0.15) is 0 Å². The van der Waals surface area contributed by atoms with Gasteiger partial charge in [-0.15, -0.1) is 11.3 Å². The molecule has 5 nitrogen and oxygen atoms in total. The third-order valence-electron chi connectivity index (χ3n) is 5.46. The molecule has 0 aliphatic heterocycles. The predicted octanol–water partition coefficient (Wildman–Crippen LogP) is 4.35. The van der Waals surface area contributed by atoms with Crippen molar-refractivity contribution < 1.29 is 0 Å². The number of hydrogen-bond acceptors (Lipinski definition) is 5. The molecule has 0 saturated carbocycles. The van der Waals surface area contributed by atoms with Crippen molar-refractivity contribution in [2.45, 2.75) is 45.7 Å². The van der Waals surface area contributed by atoms with Crippen molar-refractivity contribution in [3.8, 4) is 0 Å². The molecule has 0 fully saturated rings. The van der Waals surface area contributed by atoms with Crippen LogP contribution in [0.3, 0.4) is 0 Å². The first-order valence-corrected chi connectivity index (χ1v) is 10.5. The van der Waals surface area contributed by atoms with Gasteiger partial charge in [-0.3, -0.25) is 9.69 Å². The van der Waals surface area contributed by atoms with Crippen LogP contribution in [0.5, 0.6) is 0 Å². The highest BCUT2D eigenvalue weighted by molar-refractivity contribution is 7.18. The van der Waals surface area contributed by atoms with E-state index in [0.29, 0.717) is 23.4 Å². The van der Waals surface area contributed by atoms with E-state index in [9.17, 15) is 4.79 Å². The van der Waals surface area contributed by atoms with Crippen molar-refractivity contribution in [1.29, 1.82) is 0 Å². The molecule has 7 heteroatoms. The zero-order valence-corrected chi connectivity index (χ0v) is 17.3. The first kappa shape index (κ1) is 18.6. The summed E-state index contributed by atoms with van der Waals surface area (Å²) in [6, 6.07) is 3.74. The molecule has 0 spiro atoms. The van der Waals surface area contributed by atoms with Crippen molar-refractivity contribution >= 4 is 33.2 Å². The molecule has 0 radical (unpaired) electrons.